The first-order chi connectivity index (χ1) is 29.8. The molecular weight excluding hydrogens is 996 g/mol. The van der Waals surface area contributed by atoms with Gasteiger partial charge in [0.25, 0.3) is 11.8 Å². The molecule has 0 aliphatic rings. The van der Waals surface area contributed by atoms with Crippen LogP contribution in [0, 0.1) is 20.2 Å². The van der Waals surface area contributed by atoms with Gasteiger partial charge in [-0.15, -0.1) is 0 Å². The SMILES string of the molecule is CC(C)Oc1ccc([N+](=O)[O-])c(OC(CCOCCC(Oc2nc(OC(C)C)ccc2[N+](=O)[O-])c2c(Cl)cc(OCC=C(Cl)Cl)cc2Cl)c2c(Cl)cc(OCC=C(Cl)Cl)cc2Cl)n1. The first-order valence-electron chi connectivity index (χ1n) is 18.6. The molecule has 0 saturated carbocycles. The van der Waals surface area contributed by atoms with Crippen molar-refractivity contribution in [2.24, 2.45) is 0 Å². The Kier molecular flexibility index (Phi) is 20.5. The number of halogens is 8. The Bertz CT molecular complexity index is 2090. The van der Waals surface area contributed by atoms with Crippen molar-refractivity contribution < 1.29 is 43.0 Å². The molecule has 4 rings (SSSR count). The van der Waals surface area contributed by atoms with Crippen molar-refractivity contribution in [1.29, 1.82) is 0 Å². The minimum Gasteiger partial charge on any atom is -0.489 e. The predicted octanol–water partition coefficient (Wildman–Crippen LogP) is 13.6. The molecule has 0 N–H and O–H groups in total. The monoisotopic (exact) mass is 1030 g/mol. The predicted molar refractivity (Wildman–Crippen MR) is 244 cm³/mol. The van der Waals surface area contributed by atoms with E-state index in [1.807, 2.05) is 0 Å². The number of hydrogen-bond donors (Lipinski definition) is 0. The molecule has 15 nitrogen and oxygen atoms in total. The molecule has 2 atom stereocenters. The molecule has 0 bridgehead atoms. The quantitative estimate of drug-likeness (QED) is 0.0368. The Morgan fingerprint density at radius 3 is 1.25 bits per heavy atom. The van der Waals surface area contributed by atoms with Crippen molar-refractivity contribution >= 4 is 104 Å². The second kappa shape index (κ2) is 25.0. The van der Waals surface area contributed by atoms with E-state index in [-0.39, 0.29) is 127 Å². The maximum absolute atomic E-state index is 12.1. The van der Waals surface area contributed by atoms with Gasteiger partial charge in [0.1, 0.15) is 45.9 Å². The smallest absolute Gasteiger partial charge is 0.331 e. The van der Waals surface area contributed by atoms with Gasteiger partial charge in [0.05, 0.1) is 55.4 Å². The minimum atomic E-state index is -1.10. The molecule has 4 aromatic rings. The van der Waals surface area contributed by atoms with E-state index < -0.39 is 33.4 Å². The Hall–Kier alpha value is -3.90. The molecule has 0 fully saturated rings. The Morgan fingerprint density at radius 2 is 0.952 bits per heavy atom. The number of rotatable bonds is 24. The van der Waals surface area contributed by atoms with E-state index in [0.717, 1.165) is 0 Å². The normalized spacial score (nSPS) is 12.0. The van der Waals surface area contributed by atoms with Gasteiger partial charge in [-0.05, 0) is 64.1 Å². The Labute approximate surface area is 402 Å². The van der Waals surface area contributed by atoms with Gasteiger partial charge in [0.2, 0.25) is 11.8 Å². The van der Waals surface area contributed by atoms with Crippen LogP contribution in [0.2, 0.25) is 20.1 Å². The van der Waals surface area contributed by atoms with Crippen LogP contribution in [0.25, 0.3) is 0 Å². The number of aromatic nitrogens is 2. The molecule has 2 aromatic carbocycles. The summed E-state index contributed by atoms with van der Waals surface area (Å²) in [6, 6.07) is 11.0. The van der Waals surface area contributed by atoms with E-state index in [1.54, 1.807) is 27.7 Å². The third kappa shape index (κ3) is 16.2. The summed E-state index contributed by atoms with van der Waals surface area (Å²) in [5, 5.41) is 24.6. The average Bonchev–Trinajstić information content (AvgIpc) is 3.16. The maximum atomic E-state index is 12.1. The molecule has 0 aliphatic carbocycles. The summed E-state index contributed by atoms with van der Waals surface area (Å²) in [6.07, 6.45) is 0.0114. The number of nitro groups is 2. The van der Waals surface area contributed by atoms with Gasteiger partial charge in [-0.3, -0.25) is 20.2 Å². The molecule has 2 heterocycles. The zero-order chi connectivity index (χ0) is 46.4. The van der Waals surface area contributed by atoms with Gasteiger partial charge in [0.15, 0.2) is 0 Å². The lowest BCUT2D eigenvalue weighted by atomic mass is 10.1. The van der Waals surface area contributed by atoms with Gasteiger partial charge in [0, 0.05) is 48.2 Å². The summed E-state index contributed by atoms with van der Waals surface area (Å²) in [5.74, 6) is -0.0708. The lowest BCUT2D eigenvalue weighted by Crippen LogP contribution is -2.17. The van der Waals surface area contributed by atoms with Gasteiger partial charge >= 0.3 is 11.4 Å². The summed E-state index contributed by atoms with van der Waals surface area (Å²) in [4.78, 5) is 31.4. The van der Waals surface area contributed by atoms with Gasteiger partial charge < -0.3 is 33.2 Å². The highest BCUT2D eigenvalue weighted by Gasteiger charge is 2.29. The summed E-state index contributed by atoms with van der Waals surface area (Å²) >= 11 is 49.9. The molecule has 340 valence electrons. The summed E-state index contributed by atoms with van der Waals surface area (Å²) in [7, 11) is 0. The molecule has 23 heteroatoms. The molecule has 0 radical (unpaired) electrons. The number of benzene rings is 2. The van der Waals surface area contributed by atoms with E-state index in [9.17, 15) is 20.2 Å². The molecule has 0 saturated heterocycles. The zero-order valence-electron chi connectivity index (χ0n) is 33.6. The van der Waals surface area contributed by atoms with Crippen molar-refractivity contribution in [3.8, 4) is 35.0 Å². The molecular formula is C40H38Cl8N4O11. The fourth-order valence-electron chi connectivity index (χ4n) is 5.48. The second-order valence-electron chi connectivity index (χ2n) is 13.4. The standard InChI is InChI=1S/C40H38Cl8N4O11/c1-21(2)60-35-7-5-29(51(53)54)39(49-35)62-31(37-25(41)17-23(18-26(37)42)58-15-11-33(45)46)9-13-57-14-10-32(38-27(43)19-24(20-28(38)44)59-16-12-34(47)48)63-40-30(52(55)56)6-8-36(50-40)61-22(3)4/h5-8,11-12,17-22,31-32H,9-10,13-16H2,1-4H3. The van der Waals surface area contributed by atoms with Crippen molar-refractivity contribution in [3.63, 3.8) is 0 Å². The molecule has 0 amide bonds. The lowest BCUT2D eigenvalue weighted by molar-refractivity contribution is -0.386. The second-order valence-corrected chi connectivity index (χ2v) is 17.1. The highest BCUT2D eigenvalue weighted by Crippen LogP contribution is 2.42. The van der Waals surface area contributed by atoms with Crippen molar-refractivity contribution in [1.82, 2.24) is 9.97 Å². The van der Waals surface area contributed by atoms with Crippen molar-refractivity contribution in [2.45, 2.75) is 65.0 Å². The zero-order valence-corrected chi connectivity index (χ0v) is 39.7. The lowest BCUT2D eigenvalue weighted by Gasteiger charge is -2.23. The van der Waals surface area contributed by atoms with Crippen LogP contribution < -0.4 is 28.4 Å². The van der Waals surface area contributed by atoms with E-state index in [2.05, 4.69) is 9.97 Å². The highest BCUT2D eigenvalue weighted by molar-refractivity contribution is 6.56. The van der Waals surface area contributed by atoms with Crippen LogP contribution in [-0.2, 0) is 4.74 Å². The Balaban J connectivity index is 1.66. The molecule has 2 aromatic heterocycles. The van der Waals surface area contributed by atoms with Crippen molar-refractivity contribution in [3.05, 3.63) is 121 Å². The van der Waals surface area contributed by atoms with E-state index in [0.29, 0.717) is 0 Å². The molecule has 0 aliphatic heterocycles. The molecule has 63 heavy (non-hydrogen) atoms. The fourth-order valence-corrected chi connectivity index (χ4v) is 7.15. The highest BCUT2D eigenvalue weighted by atomic mass is 35.5. The largest absolute Gasteiger partial charge is 0.489 e. The van der Waals surface area contributed by atoms with Crippen LogP contribution in [0.15, 0.2) is 69.7 Å². The summed E-state index contributed by atoms with van der Waals surface area (Å²) < 4.78 is 41.1. The van der Waals surface area contributed by atoms with Gasteiger partial charge in [-0.2, -0.15) is 9.97 Å². The average molecular weight is 1030 g/mol. The van der Waals surface area contributed by atoms with Crippen LogP contribution >= 0.6 is 92.8 Å². The van der Waals surface area contributed by atoms with Crippen LogP contribution in [-0.4, -0.2) is 58.5 Å². The van der Waals surface area contributed by atoms with Crippen molar-refractivity contribution in [2.75, 3.05) is 26.4 Å². The fraction of sp³-hybridized carbons (Fsp3) is 0.350. The van der Waals surface area contributed by atoms with Crippen LogP contribution in [0.5, 0.6) is 35.0 Å². The van der Waals surface area contributed by atoms with Gasteiger partial charge in [-0.25, -0.2) is 0 Å². The Morgan fingerprint density at radius 1 is 0.603 bits per heavy atom. The number of pyridine rings is 2. The van der Waals surface area contributed by atoms with E-state index in [4.69, 9.17) is 126 Å². The van der Waals surface area contributed by atoms with Crippen LogP contribution in [0.4, 0.5) is 11.4 Å². The topological polar surface area (TPSA) is 177 Å². The third-order valence-electron chi connectivity index (χ3n) is 8.02. The maximum Gasteiger partial charge on any atom is 0.331 e. The summed E-state index contributed by atoms with van der Waals surface area (Å²) in [5.41, 5.74) is -0.438. The third-order valence-corrected chi connectivity index (χ3v) is 9.88. The van der Waals surface area contributed by atoms with Gasteiger partial charge in [-0.1, -0.05) is 92.8 Å². The molecule has 2 unspecified atom stereocenters. The number of hydrogen-bond acceptors (Lipinski definition) is 13. The van der Waals surface area contributed by atoms with E-state index in [1.165, 1.54) is 60.7 Å². The van der Waals surface area contributed by atoms with E-state index >= 15 is 0 Å². The molecule has 0 spiro atoms. The van der Waals surface area contributed by atoms with Crippen LogP contribution in [0.1, 0.15) is 63.9 Å². The number of ether oxygens (including phenoxy) is 7. The number of nitrogens with zero attached hydrogens (tertiary/aromatic N) is 4. The minimum absolute atomic E-state index is 0.000211. The first kappa shape index (κ1) is 51.7. The summed E-state index contributed by atoms with van der Waals surface area (Å²) in [6.45, 7) is 6.92. The first-order valence-corrected chi connectivity index (χ1v) is 21.7. The van der Waals surface area contributed by atoms with Crippen LogP contribution in [0.3, 0.4) is 0 Å².